The smallest absolute Gasteiger partial charge is 0.238 e. The second-order valence-electron chi connectivity index (χ2n) is 6.38. The number of carbonyl (C=O) groups excluding carboxylic acids is 2. The molecule has 2 aromatic rings. The Morgan fingerprint density at radius 1 is 0.786 bits per heavy atom. The van der Waals surface area contributed by atoms with E-state index in [1.54, 1.807) is 52.0 Å². The van der Waals surface area contributed by atoms with Crippen LogP contribution < -0.4 is 10.6 Å². The lowest BCUT2D eigenvalue weighted by molar-refractivity contribution is -0.116. The fourth-order valence-electron chi connectivity index (χ4n) is 2.08. The highest BCUT2D eigenvalue weighted by atomic mass is 33.1. The van der Waals surface area contributed by atoms with E-state index >= 15 is 0 Å². The molecule has 0 fully saturated rings. The minimum absolute atomic E-state index is 0.283. The summed E-state index contributed by atoms with van der Waals surface area (Å²) >= 11 is 0. The summed E-state index contributed by atoms with van der Waals surface area (Å²) in [5, 5.41) is 4.40. The van der Waals surface area contributed by atoms with Gasteiger partial charge in [-0.05, 0) is 63.1 Å². The molecule has 0 aliphatic rings. The third-order valence-corrected chi connectivity index (χ3v) is 7.14. The molecule has 28 heavy (non-hydrogen) atoms. The van der Waals surface area contributed by atoms with Gasteiger partial charge in [0.1, 0.15) is 11.6 Å². The average molecular weight is 425 g/mol. The van der Waals surface area contributed by atoms with Crippen LogP contribution in [0.4, 0.5) is 20.2 Å². The molecule has 2 N–H and O–H groups in total. The van der Waals surface area contributed by atoms with Crippen molar-refractivity contribution in [3.8, 4) is 0 Å². The molecule has 0 radical (unpaired) electrons. The summed E-state index contributed by atoms with van der Waals surface area (Å²) in [5.74, 6) is -1.33. The molecule has 0 aliphatic carbocycles. The van der Waals surface area contributed by atoms with Crippen molar-refractivity contribution < 1.29 is 18.4 Å². The highest BCUT2D eigenvalue weighted by Crippen LogP contribution is 2.32. The third kappa shape index (κ3) is 6.24. The van der Waals surface area contributed by atoms with Crippen molar-refractivity contribution >= 4 is 44.8 Å². The summed E-state index contributed by atoms with van der Waals surface area (Å²) < 4.78 is 27.1. The van der Waals surface area contributed by atoms with Crippen molar-refractivity contribution in [1.29, 1.82) is 0 Å². The molecule has 0 aromatic heterocycles. The van der Waals surface area contributed by atoms with E-state index in [-0.39, 0.29) is 23.4 Å². The molecule has 2 atom stereocenters. The zero-order valence-corrected chi connectivity index (χ0v) is 17.6. The number of hydrogen-bond acceptors (Lipinski definition) is 4. The summed E-state index contributed by atoms with van der Waals surface area (Å²) in [6.07, 6.45) is 0. The van der Waals surface area contributed by atoms with Crippen LogP contribution in [-0.4, -0.2) is 22.3 Å². The highest BCUT2D eigenvalue weighted by Gasteiger charge is 2.20. The van der Waals surface area contributed by atoms with E-state index in [1.165, 1.54) is 33.7 Å². The summed E-state index contributed by atoms with van der Waals surface area (Å²) in [6.45, 7) is 6.70. The minimum atomic E-state index is -0.457. The maximum atomic E-state index is 13.6. The van der Waals surface area contributed by atoms with Gasteiger partial charge in [0.05, 0.1) is 10.5 Å². The molecule has 0 saturated heterocycles. The van der Waals surface area contributed by atoms with Crippen LogP contribution in [0.3, 0.4) is 0 Å². The number of carbonyl (C=O) groups is 2. The van der Waals surface area contributed by atoms with E-state index < -0.39 is 10.5 Å². The molecule has 0 spiro atoms. The van der Waals surface area contributed by atoms with Gasteiger partial charge in [0.2, 0.25) is 11.8 Å². The van der Waals surface area contributed by atoms with Gasteiger partial charge in [0.25, 0.3) is 0 Å². The lowest BCUT2D eigenvalue weighted by Crippen LogP contribution is -2.24. The molecule has 4 nitrogen and oxygen atoms in total. The summed E-state index contributed by atoms with van der Waals surface area (Å²) in [7, 11) is 2.48. The average Bonchev–Trinajstić information content (AvgIpc) is 2.65. The first-order chi connectivity index (χ1) is 13.2. The van der Waals surface area contributed by atoms with Crippen LogP contribution in [0.25, 0.3) is 0 Å². The van der Waals surface area contributed by atoms with Crippen molar-refractivity contribution in [2.24, 2.45) is 0 Å². The Bertz CT molecular complexity index is 806. The predicted molar refractivity (Wildman–Crippen MR) is 114 cm³/mol. The van der Waals surface area contributed by atoms with Crippen molar-refractivity contribution in [3.05, 3.63) is 59.2 Å². The zero-order valence-electron chi connectivity index (χ0n) is 16.0. The first-order valence-electron chi connectivity index (χ1n) is 8.63. The van der Waals surface area contributed by atoms with E-state index in [9.17, 15) is 18.4 Å². The number of amides is 2. The largest absolute Gasteiger partial charge is 0.325 e. The van der Waals surface area contributed by atoms with Crippen LogP contribution in [0.15, 0.2) is 36.4 Å². The Labute approximate surface area is 171 Å². The molecule has 8 heteroatoms. The molecule has 150 valence electrons. The topological polar surface area (TPSA) is 58.2 Å². The Balaban J connectivity index is 1.83. The molecular weight excluding hydrogens is 402 g/mol. The van der Waals surface area contributed by atoms with Crippen molar-refractivity contribution in [2.75, 3.05) is 10.6 Å². The number of halogens is 2. The Morgan fingerprint density at radius 3 is 1.46 bits per heavy atom. The molecule has 0 saturated carbocycles. The number of anilines is 2. The summed E-state index contributed by atoms with van der Waals surface area (Å²) in [4.78, 5) is 24.5. The lowest BCUT2D eigenvalue weighted by atomic mass is 10.2. The normalized spacial score (nSPS) is 12.9. The molecule has 2 aromatic carbocycles. The molecule has 2 unspecified atom stereocenters. The summed E-state index contributed by atoms with van der Waals surface area (Å²) in [6, 6.07) is 9.01. The summed E-state index contributed by atoms with van der Waals surface area (Å²) in [5.41, 5.74) is 1.78. The van der Waals surface area contributed by atoms with Gasteiger partial charge in [-0.1, -0.05) is 33.7 Å². The second kappa shape index (κ2) is 9.93. The van der Waals surface area contributed by atoms with Gasteiger partial charge in [-0.15, -0.1) is 0 Å². The first-order valence-corrected chi connectivity index (χ1v) is 10.9. The van der Waals surface area contributed by atoms with Crippen molar-refractivity contribution in [2.45, 2.75) is 38.2 Å². The first kappa shape index (κ1) is 22.2. The van der Waals surface area contributed by atoms with Gasteiger partial charge in [-0.3, -0.25) is 9.59 Å². The van der Waals surface area contributed by atoms with Gasteiger partial charge >= 0.3 is 0 Å². The lowest BCUT2D eigenvalue weighted by Gasteiger charge is -2.15. The van der Waals surface area contributed by atoms with Crippen LogP contribution in [-0.2, 0) is 9.59 Å². The standard InChI is InChI=1S/C20H22F2N2O2S2/c1-11-5-7-15(9-17(11)21)23-19(25)13(3)27-28-14(4)20(26)24-16-8-6-12(2)18(22)10-16/h5-10,13-14H,1-4H3,(H,23,25)(H,24,26). The molecule has 0 heterocycles. The number of benzene rings is 2. The third-order valence-electron chi connectivity index (χ3n) is 3.96. The van der Waals surface area contributed by atoms with Gasteiger partial charge in [-0.2, -0.15) is 0 Å². The van der Waals surface area contributed by atoms with Crippen LogP contribution in [0.5, 0.6) is 0 Å². The van der Waals surface area contributed by atoms with Gasteiger partial charge < -0.3 is 10.6 Å². The molecular formula is C20H22F2N2O2S2. The molecule has 0 aliphatic heterocycles. The minimum Gasteiger partial charge on any atom is -0.325 e. The monoisotopic (exact) mass is 424 g/mol. The highest BCUT2D eigenvalue weighted by molar-refractivity contribution is 8.77. The van der Waals surface area contributed by atoms with E-state index in [2.05, 4.69) is 10.6 Å². The number of hydrogen-bond donors (Lipinski definition) is 2. The van der Waals surface area contributed by atoms with Gasteiger partial charge in [0, 0.05) is 11.4 Å². The fourth-order valence-corrected chi connectivity index (χ4v) is 4.23. The Hall–Kier alpha value is -2.06. The molecule has 2 amide bonds. The van der Waals surface area contributed by atoms with Gasteiger partial charge in [0.15, 0.2) is 0 Å². The Morgan fingerprint density at radius 2 is 1.14 bits per heavy atom. The van der Waals surface area contributed by atoms with E-state index in [4.69, 9.17) is 0 Å². The second-order valence-corrected chi connectivity index (χ2v) is 9.34. The zero-order chi connectivity index (χ0) is 20.8. The Kier molecular flexibility index (Phi) is 7.88. The quantitative estimate of drug-likeness (QED) is 0.591. The van der Waals surface area contributed by atoms with Crippen molar-refractivity contribution in [1.82, 2.24) is 0 Å². The maximum absolute atomic E-state index is 13.6. The van der Waals surface area contributed by atoms with Crippen LogP contribution in [0.2, 0.25) is 0 Å². The van der Waals surface area contributed by atoms with E-state index in [1.807, 2.05) is 0 Å². The number of nitrogens with one attached hydrogen (secondary N) is 2. The predicted octanol–water partition coefficient (Wildman–Crippen LogP) is 5.32. The number of aryl methyl sites for hydroxylation is 2. The maximum Gasteiger partial charge on any atom is 0.238 e. The van der Waals surface area contributed by atoms with Crippen LogP contribution in [0.1, 0.15) is 25.0 Å². The van der Waals surface area contributed by atoms with E-state index in [0.717, 1.165) is 0 Å². The molecule has 2 rings (SSSR count). The van der Waals surface area contributed by atoms with E-state index in [0.29, 0.717) is 22.5 Å². The van der Waals surface area contributed by atoms with Crippen LogP contribution in [0, 0.1) is 25.5 Å². The SMILES string of the molecule is Cc1ccc(NC(=O)C(C)SSC(C)C(=O)Nc2ccc(C)c(F)c2)cc1F. The van der Waals surface area contributed by atoms with Crippen LogP contribution >= 0.6 is 21.6 Å². The van der Waals surface area contributed by atoms with Crippen molar-refractivity contribution in [3.63, 3.8) is 0 Å². The fraction of sp³-hybridized carbons (Fsp3) is 0.300. The molecule has 0 bridgehead atoms. The number of rotatable bonds is 7. The van der Waals surface area contributed by atoms with Gasteiger partial charge in [-0.25, -0.2) is 8.78 Å².